The van der Waals surface area contributed by atoms with Crippen LogP contribution in [0.15, 0.2) is 53.4 Å². The van der Waals surface area contributed by atoms with E-state index in [2.05, 4.69) is 5.32 Å². The van der Waals surface area contributed by atoms with Gasteiger partial charge in [-0.2, -0.15) is 0 Å². The van der Waals surface area contributed by atoms with E-state index in [1.165, 1.54) is 18.2 Å². The molecule has 1 amide bonds. The minimum absolute atomic E-state index is 0.0985. The second kappa shape index (κ2) is 9.38. The van der Waals surface area contributed by atoms with Gasteiger partial charge in [0.1, 0.15) is 18.5 Å². The van der Waals surface area contributed by atoms with E-state index >= 15 is 0 Å². The highest BCUT2D eigenvalue weighted by Gasteiger charge is 2.27. The molecule has 0 bridgehead atoms. The van der Waals surface area contributed by atoms with Crippen LogP contribution in [0.3, 0.4) is 0 Å². The monoisotopic (exact) mass is 375 g/mol. The largest absolute Gasteiger partial charge is 0.459 e. The molecule has 0 spiro atoms. The van der Waals surface area contributed by atoms with Gasteiger partial charge in [-0.3, -0.25) is 4.79 Å². The van der Waals surface area contributed by atoms with Gasteiger partial charge in [0, 0.05) is 4.90 Å². The number of rotatable bonds is 7. The Morgan fingerprint density at radius 1 is 1.12 bits per heavy atom. The van der Waals surface area contributed by atoms with Crippen molar-refractivity contribution in [2.45, 2.75) is 31.4 Å². The molecule has 2 aromatic carbocycles. The van der Waals surface area contributed by atoms with Gasteiger partial charge in [-0.15, -0.1) is 11.8 Å². The molecule has 138 valence electrons. The molecule has 1 atom stereocenters. The summed E-state index contributed by atoms with van der Waals surface area (Å²) >= 11 is 1.63. The van der Waals surface area contributed by atoms with Gasteiger partial charge in [0.25, 0.3) is 5.91 Å². The molecule has 0 saturated carbocycles. The highest BCUT2D eigenvalue weighted by molar-refractivity contribution is 7.98. The number of hydrogen-bond donors (Lipinski definition) is 1. The molecule has 4 nitrogen and oxygen atoms in total. The summed E-state index contributed by atoms with van der Waals surface area (Å²) in [5.41, 5.74) is 0.762. The number of amides is 1. The Labute approximate surface area is 157 Å². The van der Waals surface area contributed by atoms with Crippen LogP contribution in [-0.2, 0) is 16.1 Å². The fraction of sp³-hybridized carbons (Fsp3) is 0.300. The van der Waals surface area contributed by atoms with Gasteiger partial charge in [0.15, 0.2) is 0 Å². The van der Waals surface area contributed by atoms with E-state index in [0.29, 0.717) is 0 Å². The maximum atomic E-state index is 13.7. The lowest BCUT2D eigenvalue weighted by molar-refractivity contribution is -0.148. The average Bonchev–Trinajstić information content (AvgIpc) is 2.64. The van der Waals surface area contributed by atoms with Crippen LogP contribution in [-0.4, -0.2) is 24.2 Å². The minimum atomic E-state index is -0.854. The van der Waals surface area contributed by atoms with Crippen molar-refractivity contribution < 1.29 is 18.7 Å². The van der Waals surface area contributed by atoms with Gasteiger partial charge in [-0.1, -0.05) is 38.1 Å². The number of hydrogen-bond acceptors (Lipinski definition) is 4. The first-order chi connectivity index (χ1) is 12.4. The Hall–Kier alpha value is -2.34. The van der Waals surface area contributed by atoms with Gasteiger partial charge < -0.3 is 10.1 Å². The molecular formula is C20H22FNO3S. The molecule has 0 heterocycles. The van der Waals surface area contributed by atoms with Gasteiger partial charge in [-0.25, -0.2) is 9.18 Å². The smallest absolute Gasteiger partial charge is 0.329 e. The molecule has 0 aliphatic rings. The number of esters is 1. The number of carbonyl (C=O) groups is 2. The molecule has 6 heteroatoms. The van der Waals surface area contributed by atoms with Crippen LogP contribution in [0.1, 0.15) is 29.8 Å². The van der Waals surface area contributed by atoms with Crippen molar-refractivity contribution in [3.8, 4) is 0 Å². The third kappa shape index (κ3) is 5.33. The average molecular weight is 375 g/mol. The quantitative estimate of drug-likeness (QED) is 0.586. The zero-order valence-electron chi connectivity index (χ0n) is 15.0. The molecule has 0 aliphatic carbocycles. The van der Waals surface area contributed by atoms with Crippen LogP contribution in [0, 0.1) is 11.7 Å². The topological polar surface area (TPSA) is 55.4 Å². The van der Waals surface area contributed by atoms with Crippen molar-refractivity contribution in [1.82, 2.24) is 5.32 Å². The van der Waals surface area contributed by atoms with Crippen LogP contribution < -0.4 is 5.32 Å². The maximum absolute atomic E-state index is 13.7. The van der Waals surface area contributed by atoms with Crippen molar-refractivity contribution in [1.29, 1.82) is 0 Å². The number of carbonyl (C=O) groups excluding carboxylic acids is 2. The van der Waals surface area contributed by atoms with Crippen molar-refractivity contribution >= 4 is 23.6 Å². The Kier molecular flexibility index (Phi) is 7.21. The Morgan fingerprint density at radius 3 is 2.35 bits per heavy atom. The molecule has 0 unspecified atom stereocenters. The normalized spacial score (nSPS) is 11.9. The van der Waals surface area contributed by atoms with Gasteiger partial charge in [0.2, 0.25) is 0 Å². The number of benzene rings is 2. The maximum Gasteiger partial charge on any atom is 0.329 e. The van der Waals surface area contributed by atoms with E-state index in [9.17, 15) is 14.0 Å². The van der Waals surface area contributed by atoms with Crippen molar-refractivity contribution in [3.63, 3.8) is 0 Å². The highest BCUT2D eigenvalue weighted by atomic mass is 32.2. The van der Waals surface area contributed by atoms with Crippen LogP contribution in [0.4, 0.5) is 4.39 Å². The summed E-state index contributed by atoms with van der Waals surface area (Å²) in [4.78, 5) is 25.8. The number of thioether (sulfide) groups is 1. The zero-order chi connectivity index (χ0) is 19.1. The first kappa shape index (κ1) is 20.0. The molecule has 1 N–H and O–H groups in total. The van der Waals surface area contributed by atoms with E-state index in [0.717, 1.165) is 10.5 Å². The van der Waals surface area contributed by atoms with E-state index in [1.54, 1.807) is 31.7 Å². The third-order valence-electron chi connectivity index (χ3n) is 3.87. The van der Waals surface area contributed by atoms with Crippen LogP contribution >= 0.6 is 11.8 Å². The first-order valence-corrected chi connectivity index (χ1v) is 9.49. The Balaban J connectivity index is 2.00. The second-order valence-corrected chi connectivity index (χ2v) is 7.01. The highest BCUT2D eigenvalue weighted by Crippen LogP contribution is 2.16. The first-order valence-electron chi connectivity index (χ1n) is 8.27. The second-order valence-electron chi connectivity index (χ2n) is 6.13. The number of nitrogens with one attached hydrogen (secondary N) is 1. The lowest BCUT2D eigenvalue weighted by Crippen LogP contribution is -2.45. The Bertz CT molecular complexity index is 762. The molecule has 26 heavy (non-hydrogen) atoms. The summed E-state index contributed by atoms with van der Waals surface area (Å²) in [5, 5.41) is 2.57. The van der Waals surface area contributed by atoms with Gasteiger partial charge in [0.05, 0.1) is 5.56 Å². The number of halogens is 1. The lowest BCUT2D eigenvalue weighted by Gasteiger charge is -2.21. The number of ether oxygens (including phenoxy) is 1. The van der Waals surface area contributed by atoms with Gasteiger partial charge >= 0.3 is 5.97 Å². The lowest BCUT2D eigenvalue weighted by atomic mass is 10.0. The summed E-state index contributed by atoms with van der Waals surface area (Å²) in [5.74, 6) is -2.01. The summed E-state index contributed by atoms with van der Waals surface area (Å²) in [6.07, 6.45) is 1.99. The van der Waals surface area contributed by atoms with Crippen LogP contribution in [0.25, 0.3) is 0 Å². The van der Waals surface area contributed by atoms with E-state index < -0.39 is 23.7 Å². The van der Waals surface area contributed by atoms with Crippen molar-refractivity contribution in [2.75, 3.05) is 6.26 Å². The predicted octanol–water partition coefficient (Wildman–Crippen LogP) is 4.05. The summed E-state index contributed by atoms with van der Waals surface area (Å²) in [7, 11) is 0. The third-order valence-corrected chi connectivity index (χ3v) is 4.61. The fourth-order valence-electron chi connectivity index (χ4n) is 2.33. The molecule has 0 fully saturated rings. The Morgan fingerprint density at radius 2 is 1.77 bits per heavy atom. The minimum Gasteiger partial charge on any atom is -0.459 e. The molecule has 0 radical (unpaired) electrons. The van der Waals surface area contributed by atoms with E-state index in [1.807, 2.05) is 30.5 Å². The molecule has 2 rings (SSSR count). The van der Waals surface area contributed by atoms with E-state index in [-0.39, 0.29) is 18.1 Å². The molecular weight excluding hydrogens is 353 g/mol. The van der Waals surface area contributed by atoms with Crippen LogP contribution in [0.2, 0.25) is 0 Å². The summed E-state index contributed by atoms with van der Waals surface area (Å²) in [6, 6.07) is 12.5. The molecule has 2 aromatic rings. The fourth-order valence-corrected chi connectivity index (χ4v) is 2.74. The molecule has 0 aliphatic heterocycles. The predicted molar refractivity (Wildman–Crippen MR) is 101 cm³/mol. The standard InChI is InChI=1S/C20H22FNO3S/c1-13(2)18(22-19(23)16-6-4-5-7-17(16)21)20(24)25-12-14-8-10-15(26-3)11-9-14/h4-11,13,18H,12H2,1-3H3,(H,22,23)/t18-/m0/s1. The van der Waals surface area contributed by atoms with Crippen molar-refractivity contribution in [3.05, 3.63) is 65.5 Å². The SMILES string of the molecule is CSc1ccc(COC(=O)[C@@H](NC(=O)c2ccccc2F)C(C)C)cc1. The summed E-state index contributed by atoms with van der Waals surface area (Å²) in [6.45, 7) is 3.70. The molecule has 0 aromatic heterocycles. The van der Waals surface area contributed by atoms with Gasteiger partial charge in [-0.05, 0) is 42.0 Å². The summed E-state index contributed by atoms with van der Waals surface area (Å²) < 4.78 is 19.1. The zero-order valence-corrected chi connectivity index (χ0v) is 15.8. The van der Waals surface area contributed by atoms with Crippen LogP contribution in [0.5, 0.6) is 0 Å². The van der Waals surface area contributed by atoms with E-state index in [4.69, 9.17) is 4.74 Å². The molecule has 0 saturated heterocycles. The van der Waals surface area contributed by atoms with Crippen molar-refractivity contribution in [2.24, 2.45) is 5.92 Å².